The Bertz CT molecular complexity index is 955. The van der Waals surface area contributed by atoms with E-state index in [2.05, 4.69) is 21.2 Å². The van der Waals surface area contributed by atoms with Gasteiger partial charge in [-0.15, -0.1) is 11.3 Å². The minimum atomic E-state index is 0.00744. The molecule has 5 nitrogen and oxygen atoms in total. The minimum absolute atomic E-state index is 0.00744. The van der Waals surface area contributed by atoms with Gasteiger partial charge in [0.2, 0.25) is 0 Å². The van der Waals surface area contributed by atoms with Crippen LogP contribution in [0.3, 0.4) is 0 Å². The first-order valence-electron chi connectivity index (χ1n) is 10.7. The van der Waals surface area contributed by atoms with Crippen LogP contribution < -0.4 is 0 Å². The summed E-state index contributed by atoms with van der Waals surface area (Å²) in [4.78, 5) is 24.5. The maximum atomic E-state index is 13.5. The number of benzene rings is 1. The number of aromatic nitrogens is 2. The molecule has 0 bridgehead atoms. The van der Waals surface area contributed by atoms with Crippen LogP contribution in [0.5, 0.6) is 0 Å². The number of amides is 1. The predicted octanol–water partition coefficient (Wildman–Crippen LogP) is 5.25. The van der Waals surface area contributed by atoms with Gasteiger partial charge in [-0.05, 0) is 30.7 Å². The highest BCUT2D eigenvalue weighted by Gasteiger charge is 2.30. The lowest BCUT2D eigenvalue weighted by molar-refractivity contribution is 0.0594. The van der Waals surface area contributed by atoms with E-state index in [0.717, 1.165) is 41.7 Å². The fourth-order valence-corrected chi connectivity index (χ4v) is 5.57. The van der Waals surface area contributed by atoms with E-state index < -0.39 is 0 Å². The zero-order valence-corrected chi connectivity index (χ0v) is 19.0. The first kappa shape index (κ1) is 21.3. The Hall–Kier alpha value is -1.96. The summed E-state index contributed by atoms with van der Waals surface area (Å²) < 4.78 is 2.46. The number of carbonyl (C=O) groups is 1. The van der Waals surface area contributed by atoms with Crippen molar-refractivity contribution in [3.63, 3.8) is 0 Å². The lowest BCUT2D eigenvalue weighted by Crippen LogP contribution is -2.46. The summed E-state index contributed by atoms with van der Waals surface area (Å²) in [6.45, 7) is 4.83. The van der Waals surface area contributed by atoms with Crippen molar-refractivity contribution in [2.24, 2.45) is 0 Å². The van der Waals surface area contributed by atoms with Gasteiger partial charge in [0.1, 0.15) is 10.7 Å². The van der Waals surface area contributed by atoms with Gasteiger partial charge in [0.25, 0.3) is 5.91 Å². The van der Waals surface area contributed by atoms with Crippen LogP contribution in [0.25, 0.3) is 10.8 Å². The van der Waals surface area contributed by atoms with Crippen LogP contribution in [0.15, 0.2) is 48.1 Å². The molecular formula is C23H28N4OS2. The van der Waals surface area contributed by atoms with Gasteiger partial charge in [0, 0.05) is 48.0 Å². The van der Waals surface area contributed by atoms with E-state index in [4.69, 9.17) is 0 Å². The largest absolute Gasteiger partial charge is 0.327 e. The highest BCUT2D eigenvalue weighted by molar-refractivity contribution is 7.97. The predicted molar refractivity (Wildman–Crippen MR) is 126 cm³/mol. The third-order valence-electron chi connectivity index (χ3n) is 5.54. The first-order chi connectivity index (χ1) is 14.7. The number of unbranched alkanes of at least 4 members (excludes halogenated alkanes) is 1. The molecule has 0 aliphatic carbocycles. The summed E-state index contributed by atoms with van der Waals surface area (Å²) in [6, 6.07) is 10.2. The zero-order valence-electron chi connectivity index (χ0n) is 17.4. The minimum Gasteiger partial charge on any atom is -0.327 e. The Morgan fingerprint density at radius 1 is 1.23 bits per heavy atom. The second kappa shape index (κ2) is 10.4. The molecule has 1 aliphatic heterocycles. The normalized spacial score (nSPS) is 15.5. The van der Waals surface area contributed by atoms with E-state index in [0.29, 0.717) is 12.2 Å². The molecule has 1 aromatic carbocycles. The molecule has 2 aromatic heterocycles. The smallest absolute Gasteiger partial charge is 0.273 e. The maximum absolute atomic E-state index is 13.5. The van der Waals surface area contributed by atoms with Gasteiger partial charge < -0.3 is 4.90 Å². The van der Waals surface area contributed by atoms with E-state index in [1.54, 1.807) is 17.5 Å². The van der Waals surface area contributed by atoms with Gasteiger partial charge in [0.05, 0.1) is 6.54 Å². The highest BCUT2D eigenvalue weighted by atomic mass is 32.2. The molecule has 0 radical (unpaired) electrons. The first-order valence-corrected chi connectivity index (χ1v) is 12.5. The van der Waals surface area contributed by atoms with Crippen molar-refractivity contribution in [3.05, 3.63) is 58.8 Å². The molecule has 3 aromatic rings. The molecular weight excluding hydrogens is 412 g/mol. The molecule has 3 heterocycles. The average Bonchev–Trinajstić information content (AvgIpc) is 3.31. The van der Waals surface area contributed by atoms with E-state index in [1.165, 1.54) is 18.6 Å². The Labute approximate surface area is 186 Å². The summed E-state index contributed by atoms with van der Waals surface area (Å²) >= 11 is 3.56. The van der Waals surface area contributed by atoms with Crippen molar-refractivity contribution in [2.75, 3.05) is 18.8 Å². The Balaban J connectivity index is 1.50. The Morgan fingerprint density at radius 3 is 2.77 bits per heavy atom. The van der Waals surface area contributed by atoms with Crippen LogP contribution in [-0.2, 0) is 6.54 Å². The number of nitrogens with zero attached hydrogens (tertiary/aromatic N) is 4. The molecule has 158 valence electrons. The van der Waals surface area contributed by atoms with Crippen LogP contribution in [-0.4, -0.2) is 50.0 Å². The quantitative estimate of drug-likeness (QED) is 0.354. The van der Waals surface area contributed by atoms with Crippen LogP contribution in [0.4, 0.5) is 0 Å². The fourth-order valence-electron chi connectivity index (χ4n) is 3.81. The second-order valence-electron chi connectivity index (χ2n) is 7.62. The van der Waals surface area contributed by atoms with Gasteiger partial charge in [-0.1, -0.05) is 49.6 Å². The summed E-state index contributed by atoms with van der Waals surface area (Å²) in [6.07, 6.45) is 8.08. The lowest BCUT2D eigenvalue weighted by atomic mass is 10.0. The zero-order chi connectivity index (χ0) is 20.8. The average molecular weight is 441 g/mol. The SMILES string of the molecule is CCCCSN1CCC(N(Cc2nccs2)C(=O)c2cc3ccccc3cn2)CC1. The van der Waals surface area contributed by atoms with Crippen molar-refractivity contribution in [1.29, 1.82) is 0 Å². The van der Waals surface area contributed by atoms with E-state index in [-0.39, 0.29) is 11.9 Å². The summed E-state index contributed by atoms with van der Waals surface area (Å²) in [5.74, 6) is 1.19. The number of rotatable bonds is 8. The highest BCUT2D eigenvalue weighted by Crippen LogP contribution is 2.26. The van der Waals surface area contributed by atoms with Gasteiger partial charge in [-0.3, -0.25) is 14.1 Å². The molecule has 0 N–H and O–H groups in total. The standard InChI is InChI=1S/C23H28N4OS2/c1-2-3-13-30-26-11-8-20(9-12-26)27(17-22-24-10-14-29-22)23(28)21-15-18-6-4-5-7-19(18)16-25-21/h4-7,10,14-16,20H,2-3,8-9,11-13,17H2,1H3. The van der Waals surface area contributed by atoms with Crippen molar-refractivity contribution in [2.45, 2.75) is 45.2 Å². The number of piperidine rings is 1. The fraction of sp³-hybridized carbons (Fsp3) is 0.435. The van der Waals surface area contributed by atoms with Gasteiger partial charge in [0.15, 0.2) is 0 Å². The number of pyridine rings is 1. The van der Waals surface area contributed by atoms with E-state index >= 15 is 0 Å². The molecule has 0 unspecified atom stereocenters. The number of thiazole rings is 1. The van der Waals surface area contributed by atoms with Crippen LogP contribution in [0, 0.1) is 0 Å². The molecule has 0 atom stereocenters. The summed E-state index contributed by atoms with van der Waals surface area (Å²) in [5, 5.41) is 5.05. The molecule has 1 aliphatic rings. The monoisotopic (exact) mass is 440 g/mol. The third-order valence-corrected chi connectivity index (χ3v) is 7.50. The van der Waals surface area contributed by atoms with Gasteiger partial charge in [-0.2, -0.15) is 0 Å². The molecule has 1 amide bonds. The number of hydrogen-bond donors (Lipinski definition) is 0. The van der Waals surface area contributed by atoms with Crippen molar-refractivity contribution in [3.8, 4) is 0 Å². The molecule has 1 saturated heterocycles. The Morgan fingerprint density at radius 2 is 2.03 bits per heavy atom. The Kier molecular flexibility index (Phi) is 7.36. The van der Waals surface area contributed by atoms with Crippen molar-refractivity contribution < 1.29 is 4.79 Å². The molecule has 4 rings (SSSR count). The molecule has 7 heteroatoms. The van der Waals surface area contributed by atoms with Crippen LogP contribution >= 0.6 is 23.3 Å². The molecule has 30 heavy (non-hydrogen) atoms. The maximum Gasteiger partial charge on any atom is 0.273 e. The number of carbonyl (C=O) groups excluding carboxylic acids is 1. The molecule has 1 fully saturated rings. The summed E-state index contributed by atoms with van der Waals surface area (Å²) in [7, 11) is 0. The number of hydrogen-bond acceptors (Lipinski definition) is 6. The van der Waals surface area contributed by atoms with Crippen LogP contribution in [0.2, 0.25) is 0 Å². The van der Waals surface area contributed by atoms with Crippen LogP contribution in [0.1, 0.15) is 48.1 Å². The van der Waals surface area contributed by atoms with Crippen molar-refractivity contribution >= 4 is 40.0 Å². The lowest BCUT2D eigenvalue weighted by Gasteiger charge is -2.37. The summed E-state index contributed by atoms with van der Waals surface area (Å²) in [5.41, 5.74) is 0.519. The van der Waals surface area contributed by atoms with Crippen molar-refractivity contribution in [1.82, 2.24) is 19.2 Å². The second-order valence-corrected chi connectivity index (χ2v) is 9.78. The topological polar surface area (TPSA) is 49.3 Å². The molecule has 0 spiro atoms. The van der Waals surface area contributed by atoms with Gasteiger partial charge in [-0.25, -0.2) is 4.98 Å². The van der Waals surface area contributed by atoms with Gasteiger partial charge >= 0.3 is 0 Å². The van der Waals surface area contributed by atoms with E-state index in [9.17, 15) is 4.79 Å². The van der Waals surface area contributed by atoms with E-state index in [1.807, 2.05) is 58.8 Å². The number of fused-ring (bicyclic) bond motifs is 1. The molecule has 0 saturated carbocycles. The third kappa shape index (κ3) is 5.20.